The van der Waals surface area contributed by atoms with Crippen molar-refractivity contribution in [1.82, 2.24) is 4.90 Å². The monoisotopic (exact) mass is 325 g/mol. The van der Waals surface area contributed by atoms with Crippen molar-refractivity contribution in [2.24, 2.45) is 0 Å². The molecule has 0 radical (unpaired) electrons. The van der Waals surface area contributed by atoms with Crippen molar-refractivity contribution in [2.45, 2.75) is 45.2 Å². The van der Waals surface area contributed by atoms with Gasteiger partial charge in [-0.15, -0.1) is 0 Å². The van der Waals surface area contributed by atoms with Crippen LogP contribution >= 0.6 is 0 Å². The van der Waals surface area contributed by atoms with Crippen LogP contribution in [0.1, 0.15) is 48.4 Å². The second kappa shape index (κ2) is 7.71. The average Bonchev–Trinajstić information content (AvgIpc) is 2.83. The fraction of sp³-hybridized carbons (Fsp3) is 0.429. The number of methoxy groups -OCH3 is 1. The van der Waals surface area contributed by atoms with Gasteiger partial charge in [0.1, 0.15) is 0 Å². The molecular formula is C21H27NO2. The topological polar surface area (TPSA) is 32.7 Å². The number of phenolic OH excluding ortho intramolecular Hbond substituents is 1. The highest BCUT2D eigenvalue weighted by molar-refractivity contribution is 5.45. The van der Waals surface area contributed by atoms with Crippen molar-refractivity contribution in [3.05, 3.63) is 59.2 Å². The Morgan fingerprint density at radius 3 is 2.62 bits per heavy atom. The van der Waals surface area contributed by atoms with Crippen LogP contribution in [0.15, 0.2) is 42.5 Å². The minimum atomic E-state index is 0.270. The van der Waals surface area contributed by atoms with E-state index in [0.717, 1.165) is 18.7 Å². The number of nitrogens with zero attached hydrogens (tertiary/aromatic N) is 1. The average molecular weight is 325 g/mol. The maximum absolute atomic E-state index is 10.4. The van der Waals surface area contributed by atoms with Gasteiger partial charge >= 0.3 is 0 Å². The van der Waals surface area contributed by atoms with Gasteiger partial charge in [-0.05, 0) is 37.9 Å². The van der Waals surface area contributed by atoms with Gasteiger partial charge in [0.05, 0.1) is 7.11 Å². The maximum Gasteiger partial charge on any atom is 0.162 e. The number of aromatic hydroxyl groups is 1. The lowest BCUT2D eigenvalue weighted by Crippen LogP contribution is -2.28. The Morgan fingerprint density at radius 1 is 1.08 bits per heavy atom. The number of phenols is 1. The molecule has 3 nitrogen and oxygen atoms in total. The minimum Gasteiger partial charge on any atom is -0.504 e. The molecule has 0 saturated carbocycles. The van der Waals surface area contributed by atoms with Gasteiger partial charge in [-0.25, -0.2) is 0 Å². The molecule has 1 aliphatic rings. The normalized spacial score (nSPS) is 19.0. The van der Waals surface area contributed by atoms with Crippen LogP contribution in [0.3, 0.4) is 0 Å². The fourth-order valence-electron chi connectivity index (χ4n) is 3.60. The number of hydrogen-bond donors (Lipinski definition) is 1. The quantitative estimate of drug-likeness (QED) is 0.874. The van der Waals surface area contributed by atoms with Gasteiger partial charge in [-0.3, -0.25) is 4.90 Å². The lowest BCUT2D eigenvalue weighted by molar-refractivity contribution is 0.190. The Morgan fingerprint density at radius 2 is 1.88 bits per heavy atom. The summed E-state index contributed by atoms with van der Waals surface area (Å²) < 4.78 is 5.26. The zero-order valence-electron chi connectivity index (χ0n) is 14.7. The molecule has 1 aliphatic heterocycles. The van der Waals surface area contributed by atoms with Gasteiger partial charge in [0.15, 0.2) is 11.5 Å². The molecule has 0 aromatic heterocycles. The molecule has 0 spiro atoms. The molecule has 2 aromatic carbocycles. The SMILES string of the molecule is COc1cccc(CN2CCCCC[C@H]2c2ccc(C)cc2)c1O. The molecule has 0 unspecified atom stereocenters. The highest BCUT2D eigenvalue weighted by Crippen LogP contribution is 2.35. The Labute approximate surface area is 144 Å². The second-order valence-electron chi connectivity index (χ2n) is 6.71. The van der Waals surface area contributed by atoms with E-state index in [1.807, 2.05) is 12.1 Å². The Kier molecular flexibility index (Phi) is 5.41. The lowest BCUT2D eigenvalue weighted by atomic mass is 9.99. The summed E-state index contributed by atoms with van der Waals surface area (Å²) in [5.74, 6) is 0.820. The minimum absolute atomic E-state index is 0.270. The van der Waals surface area contributed by atoms with E-state index in [1.165, 1.54) is 36.8 Å². The van der Waals surface area contributed by atoms with E-state index < -0.39 is 0 Å². The van der Waals surface area contributed by atoms with Gasteiger partial charge in [0.25, 0.3) is 0 Å². The summed E-state index contributed by atoms with van der Waals surface area (Å²) in [5, 5.41) is 10.4. The molecule has 2 aromatic rings. The lowest BCUT2D eigenvalue weighted by Gasteiger charge is -2.31. The first-order valence-electron chi connectivity index (χ1n) is 8.84. The van der Waals surface area contributed by atoms with Crippen molar-refractivity contribution in [3.63, 3.8) is 0 Å². The van der Waals surface area contributed by atoms with Crippen LogP contribution in [0.4, 0.5) is 0 Å². The van der Waals surface area contributed by atoms with Crippen LogP contribution in [0.5, 0.6) is 11.5 Å². The summed E-state index contributed by atoms with van der Waals surface area (Å²) in [6, 6.07) is 15.1. The first-order valence-corrected chi connectivity index (χ1v) is 8.84. The highest BCUT2D eigenvalue weighted by atomic mass is 16.5. The van der Waals surface area contributed by atoms with Gasteiger partial charge in [0, 0.05) is 18.2 Å². The van der Waals surface area contributed by atoms with E-state index in [4.69, 9.17) is 4.74 Å². The van der Waals surface area contributed by atoms with Crippen molar-refractivity contribution in [3.8, 4) is 11.5 Å². The van der Waals surface area contributed by atoms with E-state index in [2.05, 4.69) is 36.1 Å². The molecule has 1 N–H and O–H groups in total. The van der Waals surface area contributed by atoms with Crippen molar-refractivity contribution in [1.29, 1.82) is 0 Å². The van der Waals surface area contributed by atoms with Crippen LogP contribution in [0, 0.1) is 6.92 Å². The number of likely N-dealkylation sites (tertiary alicyclic amines) is 1. The third-order valence-corrected chi connectivity index (χ3v) is 5.00. The van der Waals surface area contributed by atoms with Crippen molar-refractivity contribution >= 4 is 0 Å². The summed E-state index contributed by atoms with van der Waals surface area (Å²) in [6.07, 6.45) is 4.93. The van der Waals surface area contributed by atoms with Crippen LogP contribution in [-0.2, 0) is 6.54 Å². The van der Waals surface area contributed by atoms with Gasteiger partial charge in [-0.2, -0.15) is 0 Å². The third-order valence-electron chi connectivity index (χ3n) is 5.00. The molecule has 1 heterocycles. The van der Waals surface area contributed by atoms with E-state index in [9.17, 15) is 5.11 Å². The van der Waals surface area contributed by atoms with Crippen molar-refractivity contribution in [2.75, 3.05) is 13.7 Å². The fourth-order valence-corrected chi connectivity index (χ4v) is 3.60. The van der Waals surface area contributed by atoms with Gasteiger partial charge < -0.3 is 9.84 Å². The first-order chi connectivity index (χ1) is 11.7. The van der Waals surface area contributed by atoms with E-state index in [0.29, 0.717) is 11.8 Å². The molecule has 1 saturated heterocycles. The predicted molar refractivity (Wildman–Crippen MR) is 97.5 cm³/mol. The van der Waals surface area contributed by atoms with Crippen LogP contribution in [-0.4, -0.2) is 23.7 Å². The Bertz CT molecular complexity index is 666. The summed E-state index contributed by atoms with van der Waals surface area (Å²) in [7, 11) is 1.60. The number of benzene rings is 2. The number of ether oxygens (including phenoxy) is 1. The molecule has 0 amide bonds. The molecule has 0 aliphatic carbocycles. The molecule has 1 atom stereocenters. The molecule has 128 valence electrons. The van der Waals surface area contributed by atoms with E-state index in [1.54, 1.807) is 13.2 Å². The predicted octanol–water partition coefficient (Wildman–Crippen LogP) is 4.83. The number of para-hydroxylation sites is 1. The second-order valence-corrected chi connectivity index (χ2v) is 6.71. The summed E-state index contributed by atoms with van der Waals surface area (Å²) in [4.78, 5) is 2.51. The number of hydrogen-bond acceptors (Lipinski definition) is 3. The smallest absolute Gasteiger partial charge is 0.162 e. The highest BCUT2D eigenvalue weighted by Gasteiger charge is 2.24. The molecule has 3 heteroatoms. The zero-order chi connectivity index (χ0) is 16.9. The number of rotatable bonds is 4. The third kappa shape index (κ3) is 3.73. The molecule has 24 heavy (non-hydrogen) atoms. The largest absolute Gasteiger partial charge is 0.504 e. The van der Waals surface area contributed by atoms with E-state index in [-0.39, 0.29) is 5.75 Å². The first kappa shape index (κ1) is 16.8. The van der Waals surface area contributed by atoms with Crippen molar-refractivity contribution < 1.29 is 9.84 Å². The number of aryl methyl sites for hydroxylation is 1. The zero-order valence-corrected chi connectivity index (χ0v) is 14.7. The molecule has 3 rings (SSSR count). The van der Waals surface area contributed by atoms with Gasteiger partial charge in [-0.1, -0.05) is 54.8 Å². The van der Waals surface area contributed by atoms with E-state index >= 15 is 0 Å². The van der Waals surface area contributed by atoms with Crippen LogP contribution < -0.4 is 4.74 Å². The Hall–Kier alpha value is -2.00. The molecule has 1 fully saturated rings. The summed E-state index contributed by atoms with van der Waals surface area (Å²) in [6.45, 7) is 3.94. The molecular weight excluding hydrogens is 298 g/mol. The van der Waals surface area contributed by atoms with Crippen LogP contribution in [0.2, 0.25) is 0 Å². The summed E-state index contributed by atoms with van der Waals surface area (Å²) >= 11 is 0. The Balaban J connectivity index is 1.86. The molecule has 0 bridgehead atoms. The van der Waals surface area contributed by atoms with Gasteiger partial charge in [0.2, 0.25) is 0 Å². The standard InChI is InChI=1S/C21H27NO2/c1-16-10-12-17(13-11-16)19-8-4-3-5-14-22(19)15-18-7-6-9-20(24-2)21(18)23/h6-7,9-13,19,23H,3-5,8,14-15H2,1-2H3/t19-/m0/s1. The van der Waals surface area contributed by atoms with Crippen LogP contribution in [0.25, 0.3) is 0 Å². The summed E-state index contributed by atoms with van der Waals surface area (Å²) in [5.41, 5.74) is 3.61. The maximum atomic E-state index is 10.4.